The van der Waals surface area contributed by atoms with Gasteiger partial charge in [-0.15, -0.1) is 0 Å². The van der Waals surface area contributed by atoms with Crippen molar-refractivity contribution in [1.82, 2.24) is 20.2 Å². The first-order valence-corrected chi connectivity index (χ1v) is 19.9. The number of halogens is 3. The molecule has 8 rings (SSSR count). The third-order valence-electron chi connectivity index (χ3n) is 7.97. The molecule has 0 amide bonds. The molecule has 4 nitrogen and oxygen atoms in total. The molecule has 0 atom stereocenters. The monoisotopic (exact) mass is 802 g/mol. The molecule has 0 bridgehead atoms. The summed E-state index contributed by atoms with van der Waals surface area (Å²) >= 11 is 0. The van der Waals surface area contributed by atoms with Crippen LogP contribution < -0.4 is 36.9 Å². The van der Waals surface area contributed by atoms with E-state index in [0.29, 0.717) is 0 Å². The summed E-state index contributed by atoms with van der Waals surface area (Å²) < 4.78 is 36.4. The van der Waals surface area contributed by atoms with E-state index in [0.717, 1.165) is 0 Å². The Morgan fingerprint density at radius 2 is 0.704 bits per heavy atom. The van der Waals surface area contributed by atoms with Crippen molar-refractivity contribution >= 4 is 47.7 Å². The Labute approximate surface area is 326 Å². The average Bonchev–Trinajstić information content (AvgIpc) is 3.74. The zero-order valence-electron chi connectivity index (χ0n) is 28.9. The molecule has 0 aliphatic carbocycles. The van der Waals surface area contributed by atoms with E-state index >= 15 is 0 Å². The molecule has 0 aliphatic rings. The van der Waals surface area contributed by atoms with E-state index in [1.807, 2.05) is 0 Å². The summed E-state index contributed by atoms with van der Waals surface area (Å²) in [5.41, 5.74) is 0.264. The van der Waals surface area contributed by atoms with E-state index in [1.54, 1.807) is 12.1 Å². The molecule has 0 saturated heterocycles. The Bertz CT molecular complexity index is 1910. The standard InChI is InChI=1S/2C18H15P.C8H4F3N4.Cu/c2*1-4-10-16(11-5-1)19(17-12-6-2-7-13-17)18-14-8-3-9-15-18;9-8(10,11)7-13-6(14-15-7)5-3-1-2-4-12-5;/h2*1-15H;1-4H;/q;;-1;+1/p+2. The van der Waals surface area contributed by atoms with Crippen LogP contribution in [-0.2, 0) is 23.2 Å². The zero-order chi connectivity index (χ0) is 36.7. The number of hydrogen-bond acceptors (Lipinski definition) is 3. The van der Waals surface area contributed by atoms with Crippen LogP contribution >= 0.6 is 15.8 Å². The summed E-state index contributed by atoms with van der Waals surface area (Å²) in [4.78, 5) is 7.05. The van der Waals surface area contributed by atoms with Crippen molar-refractivity contribution in [2.75, 3.05) is 0 Å². The van der Waals surface area contributed by atoms with E-state index in [-0.39, 0.29) is 28.6 Å². The normalized spacial score (nSPS) is 10.7. The summed E-state index contributed by atoms with van der Waals surface area (Å²) in [7, 11) is -1.75. The first-order chi connectivity index (χ1) is 26.0. The van der Waals surface area contributed by atoms with E-state index in [4.69, 9.17) is 0 Å². The fraction of sp³-hybridized carbons (Fsp3) is 0.0227. The minimum atomic E-state index is -4.57. The molecular weight excluding hydrogens is 767 g/mol. The molecule has 0 saturated carbocycles. The maximum atomic E-state index is 12.1. The van der Waals surface area contributed by atoms with Crippen LogP contribution in [0.15, 0.2) is 206 Å². The van der Waals surface area contributed by atoms with Gasteiger partial charge in [-0.05, 0) is 90.8 Å². The molecule has 0 unspecified atom stereocenters. The van der Waals surface area contributed by atoms with Crippen LogP contribution in [0.5, 0.6) is 0 Å². The van der Waals surface area contributed by atoms with Gasteiger partial charge in [-0.2, -0.15) is 13.2 Å². The van der Waals surface area contributed by atoms with Gasteiger partial charge >= 0.3 is 23.2 Å². The molecule has 8 aromatic rings. The molecule has 2 heterocycles. The summed E-state index contributed by atoms with van der Waals surface area (Å²) in [5, 5.41) is 14.9. The van der Waals surface area contributed by atoms with E-state index in [2.05, 4.69) is 202 Å². The molecule has 0 spiro atoms. The van der Waals surface area contributed by atoms with Crippen molar-refractivity contribution in [3.05, 3.63) is 212 Å². The Kier molecular flexibility index (Phi) is 15.0. The second kappa shape index (κ2) is 20.3. The first kappa shape index (κ1) is 40.0. The van der Waals surface area contributed by atoms with Crippen LogP contribution in [0, 0.1) is 0 Å². The van der Waals surface area contributed by atoms with Gasteiger partial charge in [0.1, 0.15) is 37.7 Å². The predicted octanol–water partition coefficient (Wildman–Crippen LogP) is 7.87. The summed E-state index contributed by atoms with van der Waals surface area (Å²) in [6.45, 7) is 0. The third-order valence-corrected chi connectivity index (χ3v) is 13.4. The fourth-order valence-corrected chi connectivity index (χ4v) is 10.7. The first-order valence-electron chi connectivity index (χ1n) is 16.9. The van der Waals surface area contributed by atoms with Crippen molar-refractivity contribution in [2.45, 2.75) is 6.18 Å². The smallest absolute Gasteiger partial charge is 0.413 e. The van der Waals surface area contributed by atoms with E-state index in [9.17, 15) is 13.2 Å². The van der Waals surface area contributed by atoms with Crippen molar-refractivity contribution in [3.8, 4) is 11.5 Å². The minimum absolute atomic E-state index is 0. The predicted molar refractivity (Wildman–Crippen MR) is 217 cm³/mol. The molecule has 0 N–H and O–H groups in total. The van der Waals surface area contributed by atoms with Crippen molar-refractivity contribution in [3.63, 3.8) is 0 Å². The van der Waals surface area contributed by atoms with Crippen LogP contribution in [0.4, 0.5) is 13.2 Å². The average molecular weight is 803 g/mol. The molecule has 54 heavy (non-hydrogen) atoms. The van der Waals surface area contributed by atoms with Gasteiger partial charge in [-0.3, -0.25) is 10.1 Å². The number of benzene rings is 6. The minimum Gasteiger partial charge on any atom is -0.413 e. The molecule has 0 aliphatic heterocycles. The van der Waals surface area contributed by atoms with Crippen LogP contribution in [0.2, 0.25) is 0 Å². The number of aromatic nitrogens is 4. The maximum Gasteiger partial charge on any atom is 1.00 e. The quantitative estimate of drug-likeness (QED) is 0.122. The Morgan fingerprint density at radius 1 is 0.407 bits per heavy atom. The van der Waals surface area contributed by atoms with Crippen molar-refractivity contribution < 1.29 is 30.2 Å². The summed E-state index contributed by atoms with van der Waals surface area (Å²) in [6, 6.07) is 69.8. The largest absolute Gasteiger partial charge is 1.00 e. The van der Waals surface area contributed by atoms with Crippen molar-refractivity contribution in [1.29, 1.82) is 0 Å². The summed E-state index contributed by atoms with van der Waals surface area (Å²) in [5.74, 6) is -1.37. The van der Waals surface area contributed by atoms with Gasteiger partial charge in [0.05, 0.1) is 21.5 Å². The van der Waals surface area contributed by atoms with Gasteiger partial charge in [-0.1, -0.05) is 115 Å². The number of pyridine rings is 1. The SMILES string of the molecule is FC(F)(F)c1n[n-]c(-c2ccccn2)n1.[Cu+].c1ccc([PH+](c2ccccc2)c2ccccc2)cc1.c1ccc([PH+](c2ccccc2)c2ccccc2)cc1. The van der Waals surface area contributed by atoms with Gasteiger partial charge in [0.2, 0.25) is 0 Å². The van der Waals surface area contributed by atoms with Gasteiger partial charge in [0.15, 0.2) is 0 Å². The van der Waals surface area contributed by atoms with Gasteiger partial charge in [-0.25, -0.2) is 0 Å². The molecular formula is C44H36CuF3N4P2+2. The summed E-state index contributed by atoms with van der Waals surface area (Å²) in [6.07, 6.45) is -3.13. The second-order valence-corrected chi connectivity index (χ2v) is 16.6. The molecule has 2 aromatic heterocycles. The molecule has 10 heteroatoms. The number of hydrogen-bond donors (Lipinski definition) is 0. The van der Waals surface area contributed by atoms with E-state index in [1.165, 1.54) is 44.1 Å². The maximum absolute atomic E-state index is 12.1. The van der Waals surface area contributed by atoms with Crippen molar-refractivity contribution in [2.24, 2.45) is 0 Å². The fourth-order valence-electron chi connectivity index (χ4n) is 5.59. The number of alkyl halides is 3. The molecule has 0 fully saturated rings. The van der Waals surface area contributed by atoms with Gasteiger partial charge in [0.25, 0.3) is 0 Å². The van der Waals surface area contributed by atoms with Crippen LogP contribution in [0.1, 0.15) is 5.82 Å². The van der Waals surface area contributed by atoms with Crippen LogP contribution in [0.25, 0.3) is 11.5 Å². The Hall–Kier alpha value is -5.22. The van der Waals surface area contributed by atoms with Crippen LogP contribution in [-0.4, -0.2) is 15.1 Å². The van der Waals surface area contributed by atoms with Gasteiger partial charge < -0.3 is 10.1 Å². The van der Waals surface area contributed by atoms with Crippen LogP contribution in [0.3, 0.4) is 0 Å². The number of nitrogens with zero attached hydrogens (tertiary/aromatic N) is 4. The number of rotatable bonds is 7. The molecule has 6 aromatic carbocycles. The Morgan fingerprint density at radius 3 is 0.944 bits per heavy atom. The molecule has 0 radical (unpaired) electrons. The third kappa shape index (κ3) is 11.1. The molecule has 272 valence electrons. The topological polar surface area (TPSA) is 52.8 Å². The van der Waals surface area contributed by atoms with Gasteiger partial charge in [0, 0.05) is 6.20 Å². The van der Waals surface area contributed by atoms with E-state index < -0.39 is 27.8 Å². The second-order valence-electron chi connectivity index (χ2n) is 11.6. The zero-order valence-corrected chi connectivity index (χ0v) is 31.8. The Balaban J connectivity index is 0.000000156.